The minimum atomic E-state index is -0.0319. The summed E-state index contributed by atoms with van der Waals surface area (Å²) in [7, 11) is 0. The van der Waals surface area contributed by atoms with Crippen molar-refractivity contribution in [1.29, 1.82) is 0 Å². The normalized spacial score (nSPS) is 14.1. The van der Waals surface area contributed by atoms with Gasteiger partial charge in [-0.1, -0.05) is 24.3 Å². The highest BCUT2D eigenvalue weighted by Gasteiger charge is 2.21. The molecule has 2 aromatic carbocycles. The third-order valence-corrected chi connectivity index (χ3v) is 4.98. The molecule has 3 rings (SSSR count). The molecular weight excluding hydrogens is 296 g/mol. The number of nitrogens with one attached hydrogen (secondary N) is 1. The number of amides is 1. The van der Waals surface area contributed by atoms with Crippen LogP contribution in [0.3, 0.4) is 0 Å². The number of nitrogens with zero attached hydrogens (tertiary/aromatic N) is 1. The first kappa shape index (κ1) is 16.6. The molecule has 1 saturated heterocycles. The lowest BCUT2D eigenvalue weighted by atomic mass is 10.00. The van der Waals surface area contributed by atoms with Gasteiger partial charge in [0.25, 0.3) is 5.91 Å². The Kier molecular flexibility index (Phi) is 4.61. The van der Waals surface area contributed by atoms with Gasteiger partial charge in [0.1, 0.15) is 0 Å². The van der Waals surface area contributed by atoms with Gasteiger partial charge in [0, 0.05) is 30.0 Å². The fourth-order valence-corrected chi connectivity index (χ4v) is 3.80. The van der Waals surface area contributed by atoms with Gasteiger partial charge >= 0.3 is 0 Å². The summed E-state index contributed by atoms with van der Waals surface area (Å²) < 4.78 is 0. The van der Waals surface area contributed by atoms with E-state index in [0.717, 1.165) is 35.5 Å². The molecule has 1 aliphatic rings. The average molecular weight is 322 g/mol. The summed E-state index contributed by atoms with van der Waals surface area (Å²) >= 11 is 0. The van der Waals surface area contributed by atoms with Gasteiger partial charge in [0.05, 0.1) is 0 Å². The third kappa shape index (κ3) is 3.03. The van der Waals surface area contributed by atoms with E-state index in [9.17, 15) is 4.79 Å². The van der Waals surface area contributed by atoms with E-state index in [2.05, 4.69) is 37.1 Å². The fraction of sp³-hybridized carbons (Fsp3) is 0.381. The van der Waals surface area contributed by atoms with E-state index >= 15 is 0 Å². The zero-order valence-corrected chi connectivity index (χ0v) is 15.1. The average Bonchev–Trinajstić information content (AvgIpc) is 3.05. The molecule has 1 aliphatic heterocycles. The molecule has 0 unspecified atom stereocenters. The Labute approximate surface area is 144 Å². The zero-order chi connectivity index (χ0) is 17.3. The molecule has 1 fully saturated rings. The number of hydrogen-bond donors (Lipinski definition) is 1. The van der Waals surface area contributed by atoms with E-state index in [0.29, 0.717) is 0 Å². The molecule has 3 heteroatoms. The van der Waals surface area contributed by atoms with Gasteiger partial charge in [-0.2, -0.15) is 0 Å². The Bertz CT molecular complexity index is 774. The molecule has 126 valence electrons. The number of anilines is 2. The number of rotatable bonds is 3. The van der Waals surface area contributed by atoms with Gasteiger partial charge in [-0.3, -0.25) is 4.79 Å². The van der Waals surface area contributed by atoms with Crippen molar-refractivity contribution in [3.05, 3.63) is 58.1 Å². The molecule has 0 spiro atoms. The molecule has 1 amide bonds. The summed E-state index contributed by atoms with van der Waals surface area (Å²) in [6, 6.07) is 9.91. The first-order valence-electron chi connectivity index (χ1n) is 8.71. The second-order valence-electron chi connectivity index (χ2n) is 6.82. The minimum Gasteiger partial charge on any atom is -0.371 e. The van der Waals surface area contributed by atoms with Crippen molar-refractivity contribution in [3.8, 4) is 0 Å². The molecule has 1 N–H and O–H groups in total. The van der Waals surface area contributed by atoms with Gasteiger partial charge in [-0.05, 0) is 68.9 Å². The highest BCUT2D eigenvalue weighted by atomic mass is 16.1. The monoisotopic (exact) mass is 322 g/mol. The molecule has 24 heavy (non-hydrogen) atoms. The Hall–Kier alpha value is -2.29. The van der Waals surface area contributed by atoms with Crippen molar-refractivity contribution in [3.63, 3.8) is 0 Å². The van der Waals surface area contributed by atoms with Crippen molar-refractivity contribution >= 4 is 17.3 Å². The molecule has 0 saturated carbocycles. The Morgan fingerprint density at radius 3 is 2.29 bits per heavy atom. The Morgan fingerprint density at radius 1 is 0.958 bits per heavy atom. The van der Waals surface area contributed by atoms with Crippen LogP contribution < -0.4 is 10.2 Å². The lowest BCUT2D eigenvalue weighted by Crippen LogP contribution is -2.22. The number of aryl methyl sites for hydroxylation is 3. The maximum absolute atomic E-state index is 12.7. The van der Waals surface area contributed by atoms with Crippen LogP contribution in [0.25, 0.3) is 0 Å². The van der Waals surface area contributed by atoms with Crippen LogP contribution in [0.1, 0.15) is 45.5 Å². The first-order valence-corrected chi connectivity index (χ1v) is 8.71. The largest absolute Gasteiger partial charge is 0.371 e. The van der Waals surface area contributed by atoms with E-state index in [-0.39, 0.29) is 5.91 Å². The van der Waals surface area contributed by atoms with Crippen molar-refractivity contribution in [2.45, 2.75) is 40.5 Å². The van der Waals surface area contributed by atoms with Crippen LogP contribution in [0.15, 0.2) is 30.3 Å². The van der Waals surface area contributed by atoms with Crippen molar-refractivity contribution in [2.24, 2.45) is 0 Å². The van der Waals surface area contributed by atoms with Crippen LogP contribution >= 0.6 is 0 Å². The van der Waals surface area contributed by atoms with Crippen LogP contribution in [-0.4, -0.2) is 19.0 Å². The van der Waals surface area contributed by atoms with E-state index in [1.165, 1.54) is 29.7 Å². The number of benzene rings is 2. The minimum absolute atomic E-state index is 0.0319. The second-order valence-corrected chi connectivity index (χ2v) is 6.82. The van der Waals surface area contributed by atoms with Crippen molar-refractivity contribution in [1.82, 2.24) is 0 Å². The summed E-state index contributed by atoms with van der Waals surface area (Å²) in [6.07, 6.45) is 2.50. The number of hydrogen-bond acceptors (Lipinski definition) is 2. The molecule has 1 heterocycles. The van der Waals surface area contributed by atoms with Gasteiger partial charge in [-0.25, -0.2) is 0 Å². The van der Waals surface area contributed by atoms with Crippen LogP contribution in [0.5, 0.6) is 0 Å². The van der Waals surface area contributed by atoms with Gasteiger partial charge in [-0.15, -0.1) is 0 Å². The summed E-state index contributed by atoms with van der Waals surface area (Å²) in [5.41, 5.74) is 7.57. The first-order chi connectivity index (χ1) is 11.5. The summed E-state index contributed by atoms with van der Waals surface area (Å²) in [6.45, 7) is 10.5. The molecule has 0 atom stereocenters. The summed E-state index contributed by atoms with van der Waals surface area (Å²) in [4.78, 5) is 15.2. The third-order valence-electron chi connectivity index (χ3n) is 4.98. The molecule has 0 aliphatic carbocycles. The van der Waals surface area contributed by atoms with E-state index in [1.54, 1.807) is 0 Å². The highest BCUT2D eigenvalue weighted by Crippen LogP contribution is 2.35. The topological polar surface area (TPSA) is 32.3 Å². The van der Waals surface area contributed by atoms with E-state index < -0.39 is 0 Å². The Morgan fingerprint density at radius 2 is 1.62 bits per heavy atom. The SMILES string of the molecule is Cc1ccccc1C(=O)Nc1c(C)cc(C)c(N2CCCC2)c1C. The maximum Gasteiger partial charge on any atom is 0.255 e. The molecule has 3 nitrogen and oxygen atoms in total. The summed E-state index contributed by atoms with van der Waals surface area (Å²) in [5.74, 6) is -0.0319. The number of carbonyl (C=O) groups excluding carboxylic acids is 1. The molecule has 2 aromatic rings. The fourth-order valence-electron chi connectivity index (χ4n) is 3.80. The van der Waals surface area contributed by atoms with Gasteiger partial charge in [0.15, 0.2) is 0 Å². The van der Waals surface area contributed by atoms with Gasteiger partial charge < -0.3 is 10.2 Å². The summed E-state index contributed by atoms with van der Waals surface area (Å²) in [5, 5.41) is 3.16. The van der Waals surface area contributed by atoms with Crippen molar-refractivity contribution < 1.29 is 4.79 Å². The van der Waals surface area contributed by atoms with Crippen LogP contribution in [0.4, 0.5) is 11.4 Å². The maximum atomic E-state index is 12.7. The molecule has 0 bridgehead atoms. The Balaban J connectivity index is 1.97. The number of carbonyl (C=O) groups is 1. The quantitative estimate of drug-likeness (QED) is 0.882. The molecule has 0 aromatic heterocycles. The molecular formula is C21H26N2O. The standard InChI is InChI=1S/C21H26N2O/c1-14-9-5-6-10-18(14)21(24)22-19-15(2)13-16(3)20(17(19)4)23-11-7-8-12-23/h5-6,9-10,13H,7-8,11-12H2,1-4H3,(H,22,24). The van der Waals surface area contributed by atoms with Crippen LogP contribution in [0.2, 0.25) is 0 Å². The van der Waals surface area contributed by atoms with Crippen LogP contribution in [0, 0.1) is 27.7 Å². The lowest BCUT2D eigenvalue weighted by Gasteiger charge is -2.26. The predicted molar refractivity (Wildman–Crippen MR) is 101 cm³/mol. The van der Waals surface area contributed by atoms with E-state index in [4.69, 9.17) is 0 Å². The smallest absolute Gasteiger partial charge is 0.255 e. The van der Waals surface area contributed by atoms with Crippen molar-refractivity contribution in [2.75, 3.05) is 23.3 Å². The van der Waals surface area contributed by atoms with E-state index in [1.807, 2.05) is 31.2 Å². The zero-order valence-electron chi connectivity index (χ0n) is 15.1. The second kappa shape index (κ2) is 6.68. The highest BCUT2D eigenvalue weighted by molar-refractivity contribution is 6.06. The van der Waals surface area contributed by atoms with Crippen LogP contribution in [-0.2, 0) is 0 Å². The molecule has 0 radical (unpaired) electrons. The lowest BCUT2D eigenvalue weighted by molar-refractivity contribution is 0.102. The predicted octanol–water partition coefficient (Wildman–Crippen LogP) is 4.77. The van der Waals surface area contributed by atoms with Gasteiger partial charge in [0.2, 0.25) is 0 Å².